The fraction of sp³-hybridized carbons (Fsp3) is 0.333. The zero-order chi connectivity index (χ0) is 22.3. The van der Waals surface area contributed by atoms with Gasteiger partial charge in [0.2, 0.25) is 5.91 Å². The van der Waals surface area contributed by atoms with E-state index in [1.54, 1.807) is 12.1 Å². The summed E-state index contributed by atoms with van der Waals surface area (Å²) in [5.41, 5.74) is 1.87. The number of aromatic nitrogens is 2. The molecule has 3 heterocycles. The molecule has 2 aromatic heterocycles. The SMILES string of the molecule is CCN(CC(=O)N1CCCN(c2ccc(-c3ccccc3)nn2)CC1)C(=O)c1ccco1. The van der Waals surface area contributed by atoms with Crippen LogP contribution in [0.25, 0.3) is 11.3 Å². The number of rotatable bonds is 6. The Hall–Kier alpha value is -3.68. The van der Waals surface area contributed by atoms with E-state index in [2.05, 4.69) is 15.1 Å². The normalized spacial score (nSPS) is 14.2. The molecule has 0 atom stereocenters. The van der Waals surface area contributed by atoms with Crippen LogP contribution in [0.2, 0.25) is 0 Å². The Labute approximate surface area is 187 Å². The Balaban J connectivity index is 1.35. The highest BCUT2D eigenvalue weighted by Crippen LogP contribution is 2.19. The van der Waals surface area contributed by atoms with Gasteiger partial charge in [-0.25, -0.2) is 0 Å². The summed E-state index contributed by atoms with van der Waals surface area (Å²) in [6.45, 7) is 5.03. The minimum absolute atomic E-state index is 0.0433. The number of carbonyl (C=O) groups is 2. The highest BCUT2D eigenvalue weighted by atomic mass is 16.3. The first-order chi connectivity index (χ1) is 15.7. The number of likely N-dealkylation sites (N-methyl/N-ethyl adjacent to an activating group) is 1. The number of hydrogen-bond acceptors (Lipinski definition) is 6. The maximum atomic E-state index is 12.9. The zero-order valence-corrected chi connectivity index (χ0v) is 18.2. The van der Waals surface area contributed by atoms with Gasteiger partial charge in [0.25, 0.3) is 5.91 Å². The van der Waals surface area contributed by atoms with Gasteiger partial charge in [0.05, 0.1) is 12.0 Å². The van der Waals surface area contributed by atoms with Crippen molar-refractivity contribution in [2.75, 3.05) is 44.2 Å². The molecule has 166 valence electrons. The Morgan fingerprint density at radius 2 is 1.81 bits per heavy atom. The standard InChI is InChI=1S/C24H27N5O3/c1-2-27(24(31)21-10-6-17-32-21)18-23(30)29-14-7-13-28(15-16-29)22-12-11-20(25-26-22)19-8-4-3-5-9-19/h3-6,8-12,17H,2,7,13-16,18H2,1H3. The van der Waals surface area contributed by atoms with Gasteiger partial charge in [-0.3, -0.25) is 9.59 Å². The third-order valence-corrected chi connectivity index (χ3v) is 5.62. The summed E-state index contributed by atoms with van der Waals surface area (Å²) >= 11 is 0. The number of furan rings is 1. The number of amides is 2. The largest absolute Gasteiger partial charge is 0.459 e. The second-order valence-electron chi connectivity index (χ2n) is 7.66. The van der Waals surface area contributed by atoms with Crippen molar-refractivity contribution in [3.63, 3.8) is 0 Å². The van der Waals surface area contributed by atoms with Gasteiger partial charge >= 0.3 is 0 Å². The Kier molecular flexibility index (Phi) is 6.79. The summed E-state index contributed by atoms with van der Waals surface area (Å²) in [6, 6.07) is 17.2. The number of nitrogens with zero attached hydrogens (tertiary/aromatic N) is 5. The van der Waals surface area contributed by atoms with Crippen LogP contribution in [-0.2, 0) is 4.79 Å². The molecule has 1 saturated heterocycles. The molecule has 1 aliphatic rings. The first-order valence-electron chi connectivity index (χ1n) is 10.9. The monoisotopic (exact) mass is 433 g/mol. The van der Waals surface area contributed by atoms with Gasteiger partial charge in [0.1, 0.15) is 6.54 Å². The van der Waals surface area contributed by atoms with Gasteiger partial charge in [0.15, 0.2) is 11.6 Å². The van der Waals surface area contributed by atoms with Gasteiger partial charge in [-0.15, -0.1) is 10.2 Å². The van der Waals surface area contributed by atoms with Crippen LogP contribution in [0, 0.1) is 0 Å². The molecule has 0 spiro atoms. The number of hydrogen-bond donors (Lipinski definition) is 0. The second kappa shape index (κ2) is 10.1. The summed E-state index contributed by atoms with van der Waals surface area (Å²) < 4.78 is 5.19. The average molecular weight is 434 g/mol. The first kappa shape index (κ1) is 21.5. The third-order valence-electron chi connectivity index (χ3n) is 5.62. The molecule has 0 radical (unpaired) electrons. The van der Waals surface area contributed by atoms with Crippen LogP contribution in [0.15, 0.2) is 65.3 Å². The smallest absolute Gasteiger partial charge is 0.290 e. The van der Waals surface area contributed by atoms with Gasteiger partial charge < -0.3 is 19.1 Å². The molecule has 0 aliphatic carbocycles. The lowest BCUT2D eigenvalue weighted by molar-refractivity contribution is -0.131. The molecular weight excluding hydrogens is 406 g/mol. The number of anilines is 1. The molecule has 0 unspecified atom stereocenters. The van der Waals surface area contributed by atoms with E-state index in [9.17, 15) is 9.59 Å². The van der Waals surface area contributed by atoms with Crippen molar-refractivity contribution in [3.05, 3.63) is 66.6 Å². The topological polar surface area (TPSA) is 82.8 Å². The predicted molar refractivity (Wildman–Crippen MR) is 121 cm³/mol. The van der Waals surface area contributed by atoms with E-state index in [0.717, 1.165) is 30.0 Å². The maximum Gasteiger partial charge on any atom is 0.290 e. The molecule has 2 amide bonds. The van der Waals surface area contributed by atoms with Gasteiger partial charge in [-0.05, 0) is 37.6 Å². The fourth-order valence-electron chi connectivity index (χ4n) is 3.80. The van der Waals surface area contributed by atoms with Crippen LogP contribution in [0.1, 0.15) is 23.9 Å². The van der Waals surface area contributed by atoms with Crippen molar-refractivity contribution in [2.24, 2.45) is 0 Å². The molecule has 8 heteroatoms. The summed E-state index contributed by atoms with van der Waals surface area (Å²) in [6.07, 6.45) is 2.29. The maximum absolute atomic E-state index is 12.9. The lowest BCUT2D eigenvalue weighted by atomic mass is 10.1. The number of carbonyl (C=O) groups excluding carboxylic acids is 2. The van der Waals surface area contributed by atoms with Crippen LogP contribution >= 0.6 is 0 Å². The summed E-state index contributed by atoms with van der Waals surface area (Å²) in [7, 11) is 0. The van der Waals surface area contributed by atoms with Crippen molar-refractivity contribution >= 4 is 17.6 Å². The van der Waals surface area contributed by atoms with E-state index in [0.29, 0.717) is 26.2 Å². The molecule has 0 N–H and O–H groups in total. The zero-order valence-electron chi connectivity index (χ0n) is 18.2. The van der Waals surface area contributed by atoms with Crippen molar-refractivity contribution in [1.29, 1.82) is 0 Å². The Morgan fingerprint density at radius 1 is 0.969 bits per heavy atom. The molecule has 0 saturated carbocycles. The van der Waals surface area contributed by atoms with Crippen molar-refractivity contribution in [1.82, 2.24) is 20.0 Å². The first-order valence-corrected chi connectivity index (χ1v) is 10.9. The molecule has 3 aromatic rings. The summed E-state index contributed by atoms with van der Waals surface area (Å²) in [4.78, 5) is 30.9. The van der Waals surface area contributed by atoms with E-state index in [1.807, 2.05) is 54.3 Å². The molecule has 32 heavy (non-hydrogen) atoms. The van der Waals surface area contributed by atoms with Crippen molar-refractivity contribution in [2.45, 2.75) is 13.3 Å². The lowest BCUT2D eigenvalue weighted by Crippen LogP contribution is -2.44. The van der Waals surface area contributed by atoms with E-state index in [4.69, 9.17) is 4.42 Å². The highest BCUT2D eigenvalue weighted by molar-refractivity contribution is 5.94. The van der Waals surface area contributed by atoms with Crippen LogP contribution < -0.4 is 4.90 Å². The fourth-order valence-corrected chi connectivity index (χ4v) is 3.80. The molecule has 0 bridgehead atoms. The minimum Gasteiger partial charge on any atom is -0.459 e. The predicted octanol–water partition coefficient (Wildman–Crippen LogP) is 2.94. The minimum atomic E-state index is -0.268. The Bertz CT molecular complexity index is 1020. The van der Waals surface area contributed by atoms with Crippen molar-refractivity contribution < 1.29 is 14.0 Å². The summed E-state index contributed by atoms with van der Waals surface area (Å²) in [5.74, 6) is 0.733. The Morgan fingerprint density at radius 3 is 2.50 bits per heavy atom. The highest BCUT2D eigenvalue weighted by Gasteiger charge is 2.24. The molecule has 8 nitrogen and oxygen atoms in total. The molecule has 1 fully saturated rings. The quantitative estimate of drug-likeness (QED) is 0.594. The van der Waals surface area contributed by atoms with Crippen LogP contribution in [0.5, 0.6) is 0 Å². The molecule has 1 aliphatic heterocycles. The van der Waals surface area contributed by atoms with Crippen molar-refractivity contribution in [3.8, 4) is 11.3 Å². The van der Waals surface area contributed by atoms with Gasteiger partial charge in [-0.2, -0.15) is 0 Å². The van der Waals surface area contributed by atoms with E-state index < -0.39 is 0 Å². The van der Waals surface area contributed by atoms with E-state index >= 15 is 0 Å². The van der Waals surface area contributed by atoms with Gasteiger partial charge in [0, 0.05) is 38.3 Å². The lowest BCUT2D eigenvalue weighted by Gasteiger charge is -2.26. The second-order valence-corrected chi connectivity index (χ2v) is 7.66. The van der Waals surface area contributed by atoms with Crippen LogP contribution in [0.4, 0.5) is 5.82 Å². The third kappa shape index (κ3) is 4.96. The molecule has 4 rings (SSSR count). The van der Waals surface area contributed by atoms with Gasteiger partial charge in [-0.1, -0.05) is 30.3 Å². The van der Waals surface area contributed by atoms with Crippen LogP contribution in [-0.4, -0.2) is 71.1 Å². The van der Waals surface area contributed by atoms with E-state index in [1.165, 1.54) is 11.2 Å². The number of benzene rings is 1. The molecule has 1 aromatic carbocycles. The van der Waals surface area contributed by atoms with Crippen LogP contribution in [0.3, 0.4) is 0 Å². The average Bonchev–Trinajstić information content (AvgIpc) is 3.27. The van der Waals surface area contributed by atoms with E-state index in [-0.39, 0.29) is 24.1 Å². The molecular formula is C24H27N5O3. The summed E-state index contributed by atoms with van der Waals surface area (Å²) in [5, 5.41) is 8.79.